The molecule has 0 aromatic carbocycles. The van der Waals surface area contributed by atoms with Crippen LogP contribution in [0, 0.1) is 5.41 Å². The van der Waals surface area contributed by atoms with E-state index in [-0.39, 0.29) is 0 Å². The van der Waals surface area contributed by atoms with Crippen molar-refractivity contribution in [2.24, 2.45) is 5.41 Å². The third kappa shape index (κ3) is 4.42. The molecule has 0 aliphatic carbocycles. The highest BCUT2D eigenvalue weighted by atomic mass is 16.5. The average molecular weight is 281 g/mol. The Kier molecular flexibility index (Phi) is 4.90. The highest BCUT2D eigenvalue weighted by Crippen LogP contribution is 2.19. The van der Waals surface area contributed by atoms with E-state index in [4.69, 9.17) is 9.84 Å². The fraction of sp³-hybridized carbons (Fsp3) is 0.462. The molecule has 0 radical (unpaired) electrons. The predicted octanol–water partition coefficient (Wildman–Crippen LogP) is 1.71. The van der Waals surface area contributed by atoms with E-state index in [1.54, 1.807) is 32.9 Å². The molecule has 2 amide bonds. The first-order valence-electron chi connectivity index (χ1n) is 6.04. The maximum Gasteiger partial charge on any atom is 0.326 e. The number of nitrogens with one attached hydrogen (secondary N) is 2. The van der Waals surface area contributed by atoms with Crippen molar-refractivity contribution in [3.63, 3.8) is 0 Å². The summed E-state index contributed by atoms with van der Waals surface area (Å²) in [7, 11) is 1.49. The van der Waals surface area contributed by atoms with E-state index in [2.05, 4.69) is 15.6 Å². The largest absolute Gasteiger partial charge is 0.481 e. The molecule has 0 aliphatic heterocycles. The first-order valence-corrected chi connectivity index (χ1v) is 6.04. The van der Waals surface area contributed by atoms with Crippen LogP contribution in [-0.2, 0) is 4.79 Å². The lowest BCUT2D eigenvalue weighted by atomic mass is 9.87. The molecule has 110 valence electrons. The number of carboxylic acids is 1. The third-order valence-corrected chi connectivity index (χ3v) is 2.59. The first kappa shape index (κ1) is 15.7. The summed E-state index contributed by atoms with van der Waals surface area (Å²) in [4.78, 5) is 26.9. The summed E-state index contributed by atoms with van der Waals surface area (Å²) in [5, 5.41) is 14.1. The lowest BCUT2D eigenvalue weighted by molar-refractivity contribution is -0.141. The Labute approximate surface area is 117 Å². The van der Waals surface area contributed by atoms with Crippen LogP contribution in [0.1, 0.15) is 20.8 Å². The third-order valence-electron chi connectivity index (χ3n) is 2.59. The molecule has 1 rings (SSSR count). The minimum absolute atomic E-state index is 0.425. The van der Waals surface area contributed by atoms with E-state index in [0.717, 1.165) is 0 Å². The fourth-order valence-corrected chi connectivity index (χ4v) is 1.52. The summed E-state index contributed by atoms with van der Waals surface area (Å²) in [5.41, 5.74) is -0.150. The maximum absolute atomic E-state index is 11.8. The molecule has 0 saturated heterocycles. The summed E-state index contributed by atoms with van der Waals surface area (Å²) in [6, 6.07) is 1.61. The lowest BCUT2D eigenvalue weighted by Gasteiger charge is -2.27. The highest BCUT2D eigenvalue weighted by molar-refractivity contribution is 5.92. The second kappa shape index (κ2) is 6.23. The Hall–Kier alpha value is -2.31. The van der Waals surface area contributed by atoms with Gasteiger partial charge >= 0.3 is 12.0 Å². The Balaban J connectivity index is 2.68. The summed E-state index contributed by atoms with van der Waals surface area (Å²) in [5.74, 6) is -0.658. The number of aromatic nitrogens is 1. The SMILES string of the molecule is COc1ccc(NC(=O)N[C@@H](C(=O)O)C(C)(C)C)cn1. The number of amides is 2. The van der Waals surface area contributed by atoms with Gasteiger partial charge in [-0.1, -0.05) is 20.8 Å². The van der Waals surface area contributed by atoms with Crippen LogP contribution >= 0.6 is 0 Å². The molecule has 0 unspecified atom stereocenters. The standard InChI is InChI=1S/C13H19N3O4/c1-13(2,3)10(11(17)18)16-12(19)15-8-5-6-9(20-4)14-7-8/h5-7,10H,1-4H3,(H,17,18)(H2,15,16,19)/t10-/m0/s1. The van der Waals surface area contributed by atoms with Gasteiger partial charge in [0.15, 0.2) is 0 Å². The number of carbonyl (C=O) groups excluding carboxylic acids is 1. The van der Waals surface area contributed by atoms with Crippen LogP contribution in [0.2, 0.25) is 0 Å². The molecular weight excluding hydrogens is 262 g/mol. The number of hydrogen-bond acceptors (Lipinski definition) is 4. The molecule has 7 nitrogen and oxygen atoms in total. The maximum atomic E-state index is 11.8. The smallest absolute Gasteiger partial charge is 0.326 e. The Morgan fingerprint density at radius 2 is 2.00 bits per heavy atom. The van der Waals surface area contributed by atoms with Crippen LogP contribution in [0.5, 0.6) is 5.88 Å². The van der Waals surface area contributed by atoms with Crippen LogP contribution in [0.3, 0.4) is 0 Å². The van der Waals surface area contributed by atoms with E-state index >= 15 is 0 Å². The molecule has 0 bridgehead atoms. The van der Waals surface area contributed by atoms with Crippen LogP contribution in [0.15, 0.2) is 18.3 Å². The summed E-state index contributed by atoms with van der Waals surface area (Å²) < 4.78 is 4.90. The molecule has 3 N–H and O–H groups in total. The minimum Gasteiger partial charge on any atom is -0.481 e. The number of hydrogen-bond donors (Lipinski definition) is 3. The quantitative estimate of drug-likeness (QED) is 0.780. The Bertz CT molecular complexity index is 479. The van der Waals surface area contributed by atoms with Crippen molar-refractivity contribution in [1.82, 2.24) is 10.3 Å². The van der Waals surface area contributed by atoms with E-state index in [1.165, 1.54) is 13.3 Å². The molecule has 0 spiro atoms. The van der Waals surface area contributed by atoms with Gasteiger partial charge in [-0.25, -0.2) is 14.6 Å². The van der Waals surface area contributed by atoms with Gasteiger partial charge < -0.3 is 20.5 Å². The molecule has 0 aliphatic rings. The van der Waals surface area contributed by atoms with Gasteiger partial charge in [-0.15, -0.1) is 0 Å². The van der Waals surface area contributed by atoms with E-state index in [0.29, 0.717) is 11.6 Å². The zero-order chi connectivity index (χ0) is 15.3. The van der Waals surface area contributed by atoms with Crippen molar-refractivity contribution in [2.75, 3.05) is 12.4 Å². The summed E-state index contributed by atoms with van der Waals surface area (Å²) in [6.07, 6.45) is 1.42. The zero-order valence-electron chi connectivity index (χ0n) is 11.9. The van der Waals surface area contributed by atoms with E-state index in [1.807, 2.05) is 0 Å². The molecule has 1 atom stereocenters. The van der Waals surface area contributed by atoms with Crippen molar-refractivity contribution in [3.05, 3.63) is 18.3 Å². The molecule has 0 saturated carbocycles. The van der Waals surface area contributed by atoms with Crippen molar-refractivity contribution >= 4 is 17.7 Å². The summed E-state index contributed by atoms with van der Waals surface area (Å²) >= 11 is 0. The lowest BCUT2D eigenvalue weighted by Crippen LogP contribution is -2.50. The van der Waals surface area contributed by atoms with Crippen molar-refractivity contribution in [3.8, 4) is 5.88 Å². The molecule has 7 heteroatoms. The van der Waals surface area contributed by atoms with Gasteiger partial charge in [0.2, 0.25) is 5.88 Å². The highest BCUT2D eigenvalue weighted by Gasteiger charge is 2.32. The van der Waals surface area contributed by atoms with Gasteiger partial charge in [-0.3, -0.25) is 0 Å². The van der Waals surface area contributed by atoms with Gasteiger partial charge in [0.05, 0.1) is 19.0 Å². The molecule has 1 aromatic rings. The normalized spacial score (nSPS) is 12.4. The van der Waals surface area contributed by atoms with Crippen molar-refractivity contribution < 1.29 is 19.4 Å². The minimum atomic E-state index is -1.08. The van der Waals surface area contributed by atoms with Crippen molar-refractivity contribution in [1.29, 1.82) is 0 Å². The number of pyridine rings is 1. The molecule has 1 heterocycles. The fourth-order valence-electron chi connectivity index (χ4n) is 1.52. The average Bonchev–Trinajstić information content (AvgIpc) is 2.35. The number of carboxylic acid groups (broad SMARTS) is 1. The topological polar surface area (TPSA) is 101 Å². The van der Waals surface area contributed by atoms with Gasteiger partial charge in [0, 0.05) is 6.07 Å². The number of aliphatic carboxylic acids is 1. The summed E-state index contributed by atoms with van der Waals surface area (Å²) in [6.45, 7) is 5.21. The molecule has 20 heavy (non-hydrogen) atoms. The van der Waals surface area contributed by atoms with E-state index in [9.17, 15) is 9.59 Å². The Morgan fingerprint density at radius 3 is 2.40 bits per heavy atom. The number of rotatable bonds is 4. The van der Waals surface area contributed by atoms with Crippen LogP contribution in [-0.4, -0.2) is 35.2 Å². The van der Waals surface area contributed by atoms with Crippen LogP contribution in [0.4, 0.5) is 10.5 Å². The number of anilines is 1. The molecule has 0 fully saturated rings. The number of nitrogens with zero attached hydrogens (tertiary/aromatic N) is 1. The van der Waals surface area contributed by atoms with Gasteiger partial charge in [0.25, 0.3) is 0 Å². The number of methoxy groups -OCH3 is 1. The molecule has 1 aromatic heterocycles. The van der Waals surface area contributed by atoms with Gasteiger partial charge in [-0.05, 0) is 11.5 Å². The zero-order valence-corrected chi connectivity index (χ0v) is 11.9. The number of ether oxygens (including phenoxy) is 1. The van der Waals surface area contributed by atoms with Crippen molar-refractivity contribution in [2.45, 2.75) is 26.8 Å². The second-order valence-corrected chi connectivity index (χ2v) is 5.32. The number of carbonyl (C=O) groups is 2. The van der Waals surface area contributed by atoms with Gasteiger partial charge in [-0.2, -0.15) is 0 Å². The predicted molar refractivity (Wildman–Crippen MR) is 73.8 cm³/mol. The monoisotopic (exact) mass is 281 g/mol. The van der Waals surface area contributed by atoms with Crippen LogP contribution < -0.4 is 15.4 Å². The molecular formula is C13H19N3O4. The first-order chi connectivity index (χ1) is 9.24. The van der Waals surface area contributed by atoms with Gasteiger partial charge in [0.1, 0.15) is 6.04 Å². The second-order valence-electron chi connectivity index (χ2n) is 5.32. The number of urea groups is 1. The Morgan fingerprint density at radius 1 is 1.35 bits per heavy atom. The van der Waals surface area contributed by atoms with E-state index < -0.39 is 23.5 Å². The van der Waals surface area contributed by atoms with Crippen LogP contribution in [0.25, 0.3) is 0 Å².